The van der Waals surface area contributed by atoms with Gasteiger partial charge >= 0.3 is 0 Å². The van der Waals surface area contributed by atoms with Gasteiger partial charge in [-0.15, -0.1) is 0 Å². The van der Waals surface area contributed by atoms with Crippen LogP contribution in [0.15, 0.2) is 18.2 Å². The maximum absolute atomic E-state index is 13.3. The molecular weight excluding hydrogens is 232 g/mol. The third kappa shape index (κ3) is 4.08. The molecule has 2 nitrogen and oxygen atoms in total. The minimum absolute atomic E-state index is 0.135. The van der Waals surface area contributed by atoms with Gasteiger partial charge in [-0.3, -0.25) is 0 Å². The lowest BCUT2D eigenvalue weighted by atomic mass is 10.1. The quantitative estimate of drug-likeness (QED) is 0.757. The second-order valence-corrected chi connectivity index (χ2v) is 4.57. The number of hydrogen-bond acceptors (Lipinski definition) is 3. The van der Waals surface area contributed by atoms with Crippen molar-refractivity contribution >= 4 is 11.8 Å². The summed E-state index contributed by atoms with van der Waals surface area (Å²) in [5, 5.41) is 8.57. The third-order valence-corrected chi connectivity index (χ3v) is 3.27. The van der Waals surface area contributed by atoms with Crippen LogP contribution in [0, 0.1) is 11.6 Å². The summed E-state index contributed by atoms with van der Waals surface area (Å²) in [6, 6.07) is 2.78. The number of benzene rings is 1. The molecule has 16 heavy (non-hydrogen) atoms. The van der Waals surface area contributed by atoms with Crippen LogP contribution in [0.2, 0.25) is 0 Å². The Morgan fingerprint density at radius 2 is 2.12 bits per heavy atom. The zero-order valence-corrected chi connectivity index (χ0v) is 9.64. The Kier molecular flexibility index (Phi) is 5.73. The molecule has 90 valence electrons. The van der Waals surface area contributed by atoms with Gasteiger partial charge < -0.3 is 10.8 Å². The topological polar surface area (TPSA) is 46.2 Å². The molecule has 0 bridgehead atoms. The smallest absolute Gasteiger partial charge is 0.128 e. The monoisotopic (exact) mass is 247 g/mol. The minimum Gasteiger partial charge on any atom is -0.396 e. The first-order chi connectivity index (χ1) is 7.65. The SMILES string of the molecule is NC(CSCCCO)c1cc(F)ccc1F. The van der Waals surface area contributed by atoms with Crippen molar-refractivity contribution in [3.8, 4) is 0 Å². The van der Waals surface area contributed by atoms with Gasteiger partial charge in [0.1, 0.15) is 11.6 Å². The molecule has 0 heterocycles. The predicted octanol–water partition coefficient (Wildman–Crippen LogP) is 2.08. The van der Waals surface area contributed by atoms with Gasteiger partial charge in [-0.05, 0) is 30.4 Å². The first-order valence-corrected chi connectivity index (χ1v) is 6.19. The van der Waals surface area contributed by atoms with E-state index in [1.54, 1.807) is 0 Å². The first kappa shape index (κ1) is 13.4. The molecule has 0 aromatic heterocycles. The Hall–Kier alpha value is -0.650. The van der Waals surface area contributed by atoms with Crippen LogP contribution in [0.4, 0.5) is 8.78 Å². The fraction of sp³-hybridized carbons (Fsp3) is 0.455. The van der Waals surface area contributed by atoms with Crippen molar-refractivity contribution in [2.24, 2.45) is 5.73 Å². The second kappa shape index (κ2) is 6.83. The average molecular weight is 247 g/mol. The van der Waals surface area contributed by atoms with Crippen molar-refractivity contribution in [2.75, 3.05) is 18.1 Å². The summed E-state index contributed by atoms with van der Waals surface area (Å²) >= 11 is 1.52. The molecule has 5 heteroatoms. The van der Waals surface area contributed by atoms with E-state index >= 15 is 0 Å². The Morgan fingerprint density at radius 3 is 2.81 bits per heavy atom. The molecule has 0 aliphatic heterocycles. The fourth-order valence-corrected chi connectivity index (χ4v) is 2.20. The zero-order chi connectivity index (χ0) is 12.0. The van der Waals surface area contributed by atoms with Crippen molar-refractivity contribution < 1.29 is 13.9 Å². The van der Waals surface area contributed by atoms with Gasteiger partial charge in [0.25, 0.3) is 0 Å². The van der Waals surface area contributed by atoms with Gasteiger partial charge in [0.15, 0.2) is 0 Å². The highest BCUT2D eigenvalue weighted by molar-refractivity contribution is 7.99. The Morgan fingerprint density at radius 1 is 1.38 bits per heavy atom. The second-order valence-electron chi connectivity index (χ2n) is 3.42. The maximum atomic E-state index is 13.3. The first-order valence-electron chi connectivity index (χ1n) is 5.04. The van der Waals surface area contributed by atoms with Gasteiger partial charge in [-0.25, -0.2) is 8.78 Å². The average Bonchev–Trinajstić information content (AvgIpc) is 2.27. The molecule has 3 N–H and O–H groups in total. The summed E-state index contributed by atoms with van der Waals surface area (Å²) in [6.45, 7) is 0.135. The normalized spacial score (nSPS) is 12.8. The zero-order valence-electron chi connectivity index (χ0n) is 8.83. The van der Waals surface area contributed by atoms with E-state index in [9.17, 15) is 8.78 Å². The number of aliphatic hydroxyl groups is 1. The molecule has 1 atom stereocenters. The van der Waals surface area contributed by atoms with Crippen LogP contribution in [0.5, 0.6) is 0 Å². The molecular formula is C11H15F2NOS. The van der Waals surface area contributed by atoms with Gasteiger partial charge in [-0.2, -0.15) is 11.8 Å². The largest absolute Gasteiger partial charge is 0.396 e. The summed E-state index contributed by atoms with van der Waals surface area (Å²) in [5.74, 6) is 0.325. The lowest BCUT2D eigenvalue weighted by Crippen LogP contribution is -2.15. The van der Waals surface area contributed by atoms with Crippen molar-refractivity contribution in [1.29, 1.82) is 0 Å². The van der Waals surface area contributed by atoms with E-state index < -0.39 is 17.7 Å². The number of thioether (sulfide) groups is 1. The van der Waals surface area contributed by atoms with Crippen LogP contribution < -0.4 is 5.73 Å². The number of nitrogens with two attached hydrogens (primary N) is 1. The van der Waals surface area contributed by atoms with E-state index in [1.807, 2.05) is 0 Å². The number of hydrogen-bond donors (Lipinski definition) is 2. The molecule has 0 amide bonds. The number of halogens is 2. The summed E-state index contributed by atoms with van der Waals surface area (Å²) in [6.07, 6.45) is 0.684. The van der Waals surface area contributed by atoms with Crippen LogP contribution in [-0.4, -0.2) is 23.2 Å². The Bertz CT molecular complexity index is 336. The maximum Gasteiger partial charge on any atom is 0.128 e. The van der Waals surface area contributed by atoms with Crippen molar-refractivity contribution in [3.63, 3.8) is 0 Å². The van der Waals surface area contributed by atoms with Crippen molar-refractivity contribution in [1.82, 2.24) is 0 Å². The predicted molar refractivity (Wildman–Crippen MR) is 62.3 cm³/mol. The highest BCUT2D eigenvalue weighted by Crippen LogP contribution is 2.20. The summed E-state index contributed by atoms with van der Waals surface area (Å²) in [5.41, 5.74) is 5.96. The summed E-state index contributed by atoms with van der Waals surface area (Å²) in [4.78, 5) is 0. The standard InChI is InChI=1S/C11H15F2NOS/c12-8-2-3-10(13)9(6-8)11(14)7-16-5-1-4-15/h2-3,6,11,15H,1,4-5,7,14H2. The van der Waals surface area contributed by atoms with Gasteiger partial charge in [0.2, 0.25) is 0 Å². The molecule has 0 saturated carbocycles. The molecule has 0 saturated heterocycles. The van der Waals surface area contributed by atoms with Gasteiger partial charge in [-0.1, -0.05) is 0 Å². The van der Waals surface area contributed by atoms with Gasteiger partial charge in [0, 0.05) is 24.0 Å². The number of rotatable bonds is 6. The van der Waals surface area contributed by atoms with Crippen LogP contribution in [0.3, 0.4) is 0 Å². The van der Waals surface area contributed by atoms with Crippen molar-refractivity contribution in [3.05, 3.63) is 35.4 Å². The lowest BCUT2D eigenvalue weighted by Gasteiger charge is -2.12. The summed E-state index contributed by atoms with van der Waals surface area (Å²) < 4.78 is 26.2. The highest BCUT2D eigenvalue weighted by atomic mass is 32.2. The molecule has 1 rings (SSSR count). The third-order valence-electron chi connectivity index (χ3n) is 2.10. The van der Waals surface area contributed by atoms with Crippen molar-refractivity contribution in [2.45, 2.75) is 12.5 Å². The van der Waals surface area contributed by atoms with E-state index in [-0.39, 0.29) is 12.2 Å². The van der Waals surface area contributed by atoms with Gasteiger partial charge in [0.05, 0.1) is 0 Å². The highest BCUT2D eigenvalue weighted by Gasteiger charge is 2.12. The fourth-order valence-electron chi connectivity index (χ4n) is 1.27. The Balaban J connectivity index is 2.51. The molecule has 0 aliphatic rings. The van der Waals surface area contributed by atoms with E-state index in [2.05, 4.69) is 0 Å². The lowest BCUT2D eigenvalue weighted by molar-refractivity contribution is 0.296. The van der Waals surface area contributed by atoms with Crippen LogP contribution in [-0.2, 0) is 0 Å². The van der Waals surface area contributed by atoms with E-state index in [0.29, 0.717) is 12.2 Å². The number of aliphatic hydroxyl groups excluding tert-OH is 1. The summed E-state index contributed by atoms with van der Waals surface area (Å²) in [7, 11) is 0. The van der Waals surface area contributed by atoms with Crippen LogP contribution in [0.25, 0.3) is 0 Å². The minimum atomic E-state index is -0.514. The Labute approximate surface area is 97.8 Å². The van der Waals surface area contributed by atoms with Crippen LogP contribution in [0.1, 0.15) is 18.0 Å². The van der Waals surface area contributed by atoms with E-state index in [0.717, 1.165) is 24.0 Å². The molecule has 0 spiro atoms. The van der Waals surface area contributed by atoms with E-state index in [4.69, 9.17) is 10.8 Å². The molecule has 0 radical (unpaired) electrons. The van der Waals surface area contributed by atoms with Crippen LogP contribution >= 0.6 is 11.8 Å². The van der Waals surface area contributed by atoms with E-state index in [1.165, 1.54) is 11.8 Å². The molecule has 1 unspecified atom stereocenters. The molecule has 0 aliphatic carbocycles. The molecule has 1 aromatic carbocycles. The molecule has 1 aromatic rings. The molecule has 0 fully saturated rings.